The van der Waals surface area contributed by atoms with E-state index in [0.717, 1.165) is 11.1 Å². The Bertz CT molecular complexity index is 1860. The molecular weight excluding hydrogens is 606 g/mol. The lowest BCUT2D eigenvalue weighted by atomic mass is 9.91. The zero-order chi connectivity index (χ0) is 31.8. The van der Waals surface area contributed by atoms with E-state index in [0.29, 0.717) is 39.0 Å². The Morgan fingerprint density at radius 3 is 2.24 bits per heavy atom. The second-order valence-electron chi connectivity index (χ2n) is 11.1. The number of phenols is 1. The quantitative estimate of drug-likeness (QED) is 0.172. The van der Waals surface area contributed by atoms with E-state index in [9.17, 15) is 19.8 Å². The van der Waals surface area contributed by atoms with Crippen molar-refractivity contribution in [2.24, 2.45) is 5.92 Å². The van der Waals surface area contributed by atoms with E-state index in [-0.39, 0.29) is 42.3 Å². The summed E-state index contributed by atoms with van der Waals surface area (Å²) in [6.07, 6.45) is -1.50. The standard InChI is InChI=1S/C34H29N5O6S/c1-20-29(19-46-34-35-36-37-39(34)24-13-15-26(41)16-14-24)44-33(45-30(20)22-11-9-21(18-40)10-12-22)23-5-4-6-25(17-23)38-31(42)27-7-2-3-8-28(27)32(38)43/h2-17,20,29-30,33,40-41H,18-19H2,1H3/t20-,29+,30+,33+/m0/s1. The largest absolute Gasteiger partial charge is 0.508 e. The first-order chi connectivity index (χ1) is 22.4. The second kappa shape index (κ2) is 12.5. The number of hydrogen-bond donors (Lipinski definition) is 2. The van der Waals surface area contributed by atoms with E-state index in [2.05, 4.69) is 22.4 Å². The summed E-state index contributed by atoms with van der Waals surface area (Å²) in [6, 6.07) is 28.1. The van der Waals surface area contributed by atoms with Gasteiger partial charge in [0.25, 0.3) is 11.8 Å². The molecule has 2 amide bonds. The van der Waals surface area contributed by atoms with Crippen LogP contribution in [0.5, 0.6) is 5.75 Å². The average Bonchev–Trinajstić information content (AvgIpc) is 3.66. The van der Waals surface area contributed by atoms with Gasteiger partial charge in [-0.15, -0.1) is 5.10 Å². The van der Waals surface area contributed by atoms with Gasteiger partial charge in [-0.25, -0.2) is 4.90 Å². The number of ether oxygens (including phenoxy) is 2. The Morgan fingerprint density at radius 2 is 1.54 bits per heavy atom. The van der Waals surface area contributed by atoms with Crippen molar-refractivity contribution < 1.29 is 29.3 Å². The molecule has 0 unspecified atom stereocenters. The van der Waals surface area contributed by atoms with Gasteiger partial charge in [0.05, 0.1) is 41.3 Å². The predicted octanol–water partition coefficient (Wildman–Crippen LogP) is 5.24. The molecule has 5 aromatic rings. The van der Waals surface area contributed by atoms with Crippen molar-refractivity contribution in [2.45, 2.75) is 37.2 Å². The number of thioether (sulfide) groups is 1. The molecule has 0 bridgehead atoms. The minimum atomic E-state index is -0.812. The topological polar surface area (TPSA) is 140 Å². The van der Waals surface area contributed by atoms with Gasteiger partial charge in [0.15, 0.2) is 6.29 Å². The molecule has 2 aliphatic rings. The fraction of sp³-hybridized carbons (Fsp3) is 0.206. The molecule has 1 aromatic heterocycles. The number of aliphatic hydroxyl groups is 1. The molecule has 0 spiro atoms. The fourth-order valence-corrected chi connectivity index (χ4v) is 6.78. The molecule has 2 aliphatic heterocycles. The van der Waals surface area contributed by atoms with Gasteiger partial charge in [-0.3, -0.25) is 9.59 Å². The van der Waals surface area contributed by atoms with Crippen LogP contribution in [0, 0.1) is 5.92 Å². The number of amides is 2. The number of carbonyl (C=O) groups is 2. The number of anilines is 1. The molecule has 3 heterocycles. The third-order valence-corrected chi connectivity index (χ3v) is 9.24. The summed E-state index contributed by atoms with van der Waals surface area (Å²) in [5.74, 6) is -0.213. The Hall–Kier alpha value is -4.88. The number of imide groups is 1. The minimum absolute atomic E-state index is 0.0628. The van der Waals surface area contributed by atoms with Gasteiger partial charge in [-0.1, -0.05) is 67.2 Å². The number of benzene rings is 4. The lowest BCUT2D eigenvalue weighted by Crippen LogP contribution is -2.38. The van der Waals surface area contributed by atoms with Crippen LogP contribution in [0.25, 0.3) is 5.69 Å². The fourth-order valence-electron chi connectivity index (χ4n) is 5.73. The summed E-state index contributed by atoms with van der Waals surface area (Å²) in [6.45, 7) is 2.00. The number of aromatic hydroxyl groups is 1. The Balaban J connectivity index is 1.18. The molecule has 1 fully saturated rings. The molecule has 232 valence electrons. The Morgan fingerprint density at radius 1 is 0.826 bits per heavy atom. The van der Waals surface area contributed by atoms with Crippen LogP contribution in [-0.2, 0) is 16.1 Å². The van der Waals surface area contributed by atoms with Crippen LogP contribution >= 0.6 is 11.8 Å². The van der Waals surface area contributed by atoms with E-state index in [1.807, 2.05) is 30.3 Å². The number of hydrogen-bond acceptors (Lipinski definition) is 10. The van der Waals surface area contributed by atoms with Gasteiger partial charge in [-0.2, -0.15) is 4.68 Å². The van der Waals surface area contributed by atoms with Gasteiger partial charge >= 0.3 is 0 Å². The van der Waals surface area contributed by atoms with Crippen molar-refractivity contribution in [3.05, 3.63) is 125 Å². The zero-order valence-corrected chi connectivity index (χ0v) is 25.4. The van der Waals surface area contributed by atoms with Gasteiger partial charge < -0.3 is 19.7 Å². The first-order valence-electron chi connectivity index (χ1n) is 14.7. The van der Waals surface area contributed by atoms with Crippen molar-refractivity contribution in [1.29, 1.82) is 0 Å². The SMILES string of the molecule is C[C@H]1[C@@H](CSc2nnnn2-c2ccc(O)cc2)O[C@@H](c2cccc(N3C(=O)c4ccccc4C3=O)c2)O[C@H]1c1ccc(CO)cc1. The molecular formula is C34H29N5O6S. The number of aliphatic hydroxyl groups excluding tert-OH is 1. The van der Waals surface area contributed by atoms with Crippen LogP contribution in [0.1, 0.15) is 56.7 Å². The molecule has 1 saturated heterocycles. The lowest BCUT2D eigenvalue weighted by Gasteiger charge is -2.41. The van der Waals surface area contributed by atoms with Gasteiger partial charge in [0.1, 0.15) is 5.75 Å². The van der Waals surface area contributed by atoms with Crippen molar-refractivity contribution in [3.8, 4) is 11.4 Å². The van der Waals surface area contributed by atoms with E-state index < -0.39 is 6.29 Å². The highest BCUT2D eigenvalue weighted by Crippen LogP contribution is 2.43. The molecule has 7 rings (SSSR count). The number of nitrogens with zero attached hydrogens (tertiary/aromatic N) is 5. The van der Waals surface area contributed by atoms with Crippen LogP contribution in [0.4, 0.5) is 5.69 Å². The molecule has 11 nitrogen and oxygen atoms in total. The summed E-state index contributed by atoms with van der Waals surface area (Å²) in [7, 11) is 0. The van der Waals surface area contributed by atoms with Gasteiger partial charge in [-0.05, 0) is 70.1 Å². The van der Waals surface area contributed by atoms with E-state index in [1.54, 1.807) is 71.4 Å². The second-order valence-corrected chi connectivity index (χ2v) is 12.1. The van der Waals surface area contributed by atoms with Gasteiger partial charge in [0, 0.05) is 17.2 Å². The smallest absolute Gasteiger partial charge is 0.266 e. The van der Waals surface area contributed by atoms with E-state index in [4.69, 9.17) is 9.47 Å². The maximum atomic E-state index is 13.2. The van der Waals surface area contributed by atoms with Crippen molar-refractivity contribution in [2.75, 3.05) is 10.7 Å². The van der Waals surface area contributed by atoms with Crippen LogP contribution in [0.15, 0.2) is 102 Å². The highest BCUT2D eigenvalue weighted by atomic mass is 32.2. The van der Waals surface area contributed by atoms with Crippen LogP contribution in [0.3, 0.4) is 0 Å². The van der Waals surface area contributed by atoms with Crippen molar-refractivity contribution in [3.63, 3.8) is 0 Å². The van der Waals surface area contributed by atoms with E-state index >= 15 is 0 Å². The van der Waals surface area contributed by atoms with Crippen LogP contribution < -0.4 is 4.90 Å². The summed E-state index contributed by atoms with van der Waals surface area (Å²) in [5.41, 5.74) is 4.25. The molecule has 0 radical (unpaired) electrons. The summed E-state index contributed by atoms with van der Waals surface area (Å²) < 4.78 is 14.8. The van der Waals surface area contributed by atoms with Crippen molar-refractivity contribution >= 4 is 29.3 Å². The summed E-state index contributed by atoms with van der Waals surface area (Å²) in [4.78, 5) is 27.6. The normalized spacial score (nSPS) is 21.0. The Kier molecular flexibility index (Phi) is 8.09. The number of fused-ring (bicyclic) bond motifs is 1. The molecule has 12 heteroatoms. The number of carbonyl (C=O) groups excluding carboxylic acids is 2. The highest BCUT2D eigenvalue weighted by molar-refractivity contribution is 7.99. The molecule has 4 atom stereocenters. The van der Waals surface area contributed by atoms with E-state index in [1.165, 1.54) is 16.7 Å². The van der Waals surface area contributed by atoms with Crippen LogP contribution in [0.2, 0.25) is 0 Å². The zero-order valence-electron chi connectivity index (χ0n) is 24.6. The molecule has 2 N–H and O–H groups in total. The lowest BCUT2D eigenvalue weighted by molar-refractivity contribution is -0.268. The average molecular weight is 636 g/mol. The third kappa shape index (κ3) is 5.56. The maximum absolute atomic E-state index is 13.2. The van der Waals surface area contributed by atoms with Gasteiger partial charge in [0.2, 0.25) is 5.16 Å². The number of phenolic OH excluding ortho intramolecular Hbond substituents is 1. The minimum Gasteiger partial charge on any atom is -0.508 e. The Labute approximate surface area is 268 Å². The first-order valence-corrected chi connectivity index (χ1v) is 15.7. The summed E-state index contributed by atoms with van der Waals surface area (Å²) >= 11 is 1.43. The molecule has 0 aliphatic carbocycles. The molecule has 46 heavy (non-hydrogen) atoms. The van der Waals surface area contributed by atoms with Crippen molar-refractivity contribution in [1.82, 2.24) is 20.2 Å². The number of rotatable bonds is 8. The third-order valence-electron chi connectivity index (χ3n) is 8.23. The molecule has 0 saturated carbocycles. The molecule has 4 aromatic carbocycles. The predicted molar refractivity (Wildman–Crippen MR) is 169 cm³/mol. The summed E-state index contributed by atoms with van der Waals surface area (Å²) in [5, 5.41) is 32.0. The first kappa shape index (κ1) is 29.8. The monoisotopic (exact) mass is 635 g/mol. The highest BCUT2D eigenvalue weighted by Gasteiger charge is 2.40. The van der Waals surface area contributed by atoms with Crippen LogP contribution in [-0.4, -0.2) is 54.1 Å². The maximum Gasteiger partial charge on any atom is 0.266 e. The number of tetrazole rings is 1. The number of aromatic nitrogens is 4.